The first-order valence-corrected chi connectivity index (χ1v) is 11.0. The fraction of sp³-hybridized carbons (Fsp3) is 0.381. The van der Waals surface area contributed by atoms with Crippen LogP contribution in [0.3, 0.4) is 0 Å². The summed E-state index contributed by atoms with van der Waals surface area (Å²) in [6.07, 6.45) is 1.16. The Morgan fingerprint density at radius 3 is 2.45 bits per heavy atom. The molecule has 1 fully saturated rings. The molecular weight excluding hydrogens is 394 g/mol. The molecule has 0 spiro atoms. The van der Waals surface area contributed by atoms with Crippen molar-refractivity contribution in [3.8, 4) is 17.2 Å². The molecule has 0 saturated carbocycles. The highest BCUT2D eigenvalue weighted by molar-refractivity contribution is 7.89. The number of benzene rings is 2. The van der Waals surface area contributed by atoms with Crippen LogP contribution >= 0.6 is 0 Å². The van der Waals surface area contributed by atoms with Crippen molar-refractivity contribution in [1.82, 2.24) is 4.31 Å². The molecule has 0 aliphatic carbocycles. The van der Waals surface area contributed by atoms with Gasteiger partial charge in [0.15, 0.2) is 11.5 Å². The van der Waals surface area contributed by atoms with Gasteiger partial charge in [-0.2, -0.15) is 4.31 Å². The summed E-state index contributed by atoms with van der Waals surface area (Å²) >= 11 is 0. The zero-order valence-electron chi connectivity index (χ0n) is 16.5. The molecule has 3 rings (SSSR count). The van der Waals surface area contributed by atoms with Gasteiger partial charge in [-0.3, -0.25) is 4.79 Å². The van der Waals surface area contributed by atoms with Crippen LogP contribution in [0.25, 0.3) is 0 Å². The Bertz CT molecular complexity index is 942. The van der Waals surface area contributed by atoms with Gasteiger partial charge in [-0.25, -0.2) is 8.42 Å². The number of nitrogens with zero attached hydrogens (tertiary/aromatic N) is 1. The molecule has 29 heavy (non-hydrogen) atoms. The molecule has 0 N–H and O–H groups in total. The largest absolute Gasteiger partial charge is 0.497 e. The molecule has 2 aromatic carbocycles. The zero-order chi connectivity index (χ0) is 20.9. The number of piperidine rings is 1. The molecule has 1 unspecified atom stereocenters. The molecule has 1 saturated heterocycles. The summed E-state index contributed by atoms with van der Waals surface area (Å²) < 4.78 is 43.4. The van der Waals surface area contributed by atoms with E-state index in [4.69, 9.17) is 14.2 Å². The van der Waals surface area contributed by atoms with E-state index in [1.165, 1.54) is 23.5 Å². The second-order valence-electron chi connectivity index (χ2n) is 6.68. The minimum atomic E-state index is -3.70. The lowest BCUT2D eigenvalue weighted by Crippen LogP contribution is -2.43. The molecule has 1 heterocycles. The molecule has 1 aliphatic heterocycles. The van der Waals surface area contributed by atoms with Gasteiger partial charge < -0.3 is 14.2 Å². The summed E-state index contributed by atoms with van der Waals surface area (Å²) in [7, 11) is -2.18. The Labute approximate surface area is 171 Å². The van der Waals surface area contributed by atoms with Gasteiger partial charge in [-0.05, 0) is 56.2 Å². The van der Waals surface area contributed by atoms with Crippen LogP contribution in [0.4, 0.5) is 0 Å². The molecule has 0 aromatic heterocycles. The van der Waals surface area contributed by atoms with Crippen molar-refractivity contribution >= 4 is 16.0 Å². The van der Waals surface area contributed by atoms with E-state index >= 15 is 0 Å². The van der Waals surface area contributed by atoms with Gasteiger partial charge in [0.25, 0.3) is 0 Å². The number of methoxy groups -OCH3 is 1. The Morgan fingerprint density at radius 2 is 1.79 bits per heavy atom. The van der Waals surface area contributed by atoms with Gasteiger partial charge in [0.05, 0.1) is 24.5 Å². The number of esters is 1. The molecular formula is C21H25NO6S. The topological polar surface area (TPSA) is 82.1 Å². The number of carbonyl (C=O) groups excluding carboxylic acids is 1. The normalized spacial score (nSPS) is 17.5. The lowest BCUT2D eigenvalue weighted by molar-refractivity contribution is -0.140. The van der Waals surface area contributed by atoms with Crippen LogP contribution in [-0.4, -0.2) is 45.5 Å². The van der Waals surface area contributed by atoms with Gasteiger partial charge in [-0.15, -0.1) is 0 Å². The number of ether oxygens (including phenoxy) is 3. The SMILES string of the molecule is CCOc1ccccc1OC(=O)C1CCCN(S(=O)(=O)c2ccc(OC)cc2)C1. The third-order valence-corrected chi connectivity index (χ3v) is 6.65. The van der Waals surface area contributed by atoms with E-state index in [1.807, 2.05) is 6.92 Å². The Balaban J connectivity index is 1.72. The highest BCUT2D eigenvalue weighted by atomic mass is 32.2. The third kappa shape index (κ3) is 4.89. The first-order chi connectivity index (χ1) is 14.0. The van der Waals surface area contributed by atoms with Crippen LogP contribution in [0.1, 0.15) is 19.8 Å². The summed E-state index contributed by atoms with van der Waals surface area (Å²) in [5.74, 6) is 0.423. The number of rotatable bonds is 7. The number of sulfonamides is 1. The van der Waals surface area contributed by atoms with Gasteiger partial charge >= 0.3 is 5.97 Å². The molecule has 7 nitrogen and oxygen atoms in total. The van der Waals surface area contributed by atoms with E-state index in [-0.39, 0.29) is 11.4 Å². The van der Waals surface area contributed by atoms with Gasteiger partial charge in [-0.1, -0.05) is 12.1 Å². The van der Waals surface area contributed by atoms with Crippen molar-refractivity contribution in [3.63, 3.8) is 0 Å². The Kier molecular flexibility index (Phi) is 6.76. The van der Waals surface area contributed by atoms with Crippen LogP contribution < -0.4 is 14.2 Å². The smallest absolute Gasteiger partial charge is 0.315 e. The summed E-state index contributed by atoms with van der Waals surface area (Å²) in [6, 6.07) is 13.2. The predicted octanol–water partition coefficient (Wildman–Crippen LogP) is 3.10. The number of hydrogen-bond donors (Lipinski definition) is 0. The van der Waals surface area contributed by atoms with Crippen molar-refractivity contribution in [2.24, 2.45) is 5.92 Å². The zero-order valence-corrected chi connectivity index (χ0v) is 17.4. The maximum Gasteiger partial charge on any atom is 0.315 e. The average molecular weight is 419 g/mol. The van der Waals surface area contributed by atoms with Crippen molar-refractivity contribution in [2.75, 3.05) is 26.8 Å². The number of hydrogen-bond acceptors (Lipinski definition) is 6. The molecule has 1 atom stereocenters. The van der Waals surface area contributed by atoms with E-state index < -0.39 is 21.9 Å². The lowest BCUT2D eigenvalue weighted by Gasteiger charge is -2.30. The molecule has 8 heteroatoms. The van der Waals surface area contributed by atoms with Crippen LogP contribution in [-0.2, 0) is 14.8 Å². The minimum absolute atomic E-state index is 0.0873. The summed E-state index contributed by atoms with van der Waals surface area (Å²) in [4.78, 5) is 12.9. The average Bonchev–Trinajstić information content (AvgIpc) is 2.75. The van der Waals surface area contributed by atoms with E-state index in [2.05, 4.69) is 0 Å². The van der Waals surface area contributed by atoms with Crippen LogP contribution in [0, 0.1) is 5.92 Å². The van der Waals surface area contributed by atoms with Crippen LogP contribution in [0.2, 0.25) is 0 Å². The molecule has 156 valence electrons. The molecule has 0 radical (unpaired) electrons. The second-order valence-corrected chi connectivity index (χ2v) is 8.62. The summed E-state index contributed by atoms with van der Waals surface area (Å²) in [5, 5.41) is 0. The maximum absolute atomic E-state index is 13.0. The number of carbonyl (C=O) groups is 1. The summed E-state index contributed by atoms with van der Waals surface area (Å²) in [6.45, 7) is 2.76. The summed E-state index contributed by atoms with van der Waals surface area (Å²) in [5.41, 5.74) is 0. The van der Waals surface area contributed by atoms with Gasteiger partial charge in [0.2, 0.25) is 10.0 Å². The first kappa shape index (κ1) is 21.1. The first-order valence-electron chi connectivity index (χ1n) is 9.53. The molecule has 2 aromatic rings. The van der Waals surface area contributed by atoms with E-state index in [1.54, 1.807) is 36.4 Å². The van der Waals surface area contributed by atoms with Crippen LogP contribution in [0.15, 0.2) is 53.4 Å². The predicted molar refractivity (Wildman–Crippen MR) is 108 cm³/mol. The molecule has 1 aliphatic rings. The van der Waals surface area contributed by atoms with Crippen molar-refractivity contribution in [3.05, 3.63) is 48.5 Å². The van der Waals surface area contributed by atoms with Crippen molar-refractivity contribution in [2.45, 2.75) is 24.7 Å². The Hall–Kier alpha value is -2.58. The second kappa shape index (κ2) is 9.28. The van der Waals surface area contributed by atoms with E-state index in [0.717, 1.165) is 0 Å². The molecule has 0 amide bonds. The quantitative estimate of drug-likeness (QED) is 0.507. The fourth-order valence-electron chi connectivity index (χ4n) is 3.25. The monoisotopic (exact) mass is 419 g/mol. The lowest BCUT2D eigenvalue weighted by atomic mass is 10.00. The standard InChI is InChI=1S/C21H25NO6S/c1-3-27-19-8-4-5-9-20(19)28-21(23)16-7-6-14-22(15-16)29(24,25)18-12-10-17(26-2)11-13-18/h4-5,8-13,16H,3,6-7,14-15H2,1-2H3. The fourth-order valence-corrected chi connectivity index (χ4v) is 4.77. The van der Waals surface area contributed by atoms with Gasteiger partial charge in [0, 0.05) is 13.1 Å². The third-order valence-electron chi connectivity index (χ3n) is 4.77. The number of para-hydroxylation sites is 2. The van der Waals surface area contributed by atoms with Gasteiger partial charge in [0.1, 0.15) is 5.75 Å². The van der Waals surface area contributed by atoms with Crippen LogP contribution in [0.5, 0.6) is 17.2 Å². The molecule has 0 bridgehead atoms. The highest BCUT2D eigenvalue weighted by Crippen LogP contribution is 2.30. The maximum atomic E-state index is 13.0. The van der Waals surface area contributed by atoms with E-state index in [9.17, 15) is 13.2 Å². The van der Waals surface area contributed by atoms with Crippen molar-refractivity contribution in [1.29, 1.82) is 0 Å². The minimum Gasteiger partial charge on any atom is -0.497 e. The Morgan fingerprint density at radius 1 is 1.10 bits per heavy atom. The highest BCUT2D eigenvalue weighted by Gasteiger charge is 2.34. The van der Waals surface area contributed by atoms with E-state index in [0.29, 0.717) is 43.2 Å². The van der Waals surface area contributed by atoms with Crippen molar-refractivity contribution < 1.29 is 27.4 Å².